The van der Waals surface area contributed by atoms with Gasteiger partial charge >= 0.3 is 0 Å². The van der Waals surface area contributed by atoms with E-state index >= 15 is 0 Å². The Morgan fingerprint density at radius 1 is 0.857 bits per heavy atom. The maximum absolute atomic E-state index is 13.4. The van der Waals surface area contributed by atoms with Gasteiger partial charge in [0.25, 0.3) is 0 Å². The first kappa shape index (κ1) is 14.2. The van der Waals surface area contributed by atoms with Gasteiger partial charge in [0.2, 0.25) is 0 Å². The molecule has 0 saturated carbocycles. The molecule has 3 heteroatoms. The molecule has 2 aromatic rings. The number of halogens is 2. The first-order chi connectivity index (χ1) is 9.96. The van der Waals surface area contributed by atoms with Crippen molar-refractivity contribution in [2.45, 2.75) is 38.2 Å². The summed E-state index contributed by atoms with van der Waals surface area (Å²) in [4.78, 5) is 0. The fraction of sp³-hybridized carbons (Fsp3) is 0.333. The van der Waals surface area contributed by atoms with Crippen molar-refractivity contribution in [2.75, 3.05) is 0 Å². The van der Waals surface area contributed by atoms with Gasteiger partial charge in [-0.15, -0.1) is 0 Å². The topological polar surface area (TPSA) is 20.2 Å². The van der Waals surface area contributed by atoms with E-state index in [1.807, 2.05) is 18.2 Å². The monoisotopic (exact) mass is 288 g/mol. The summed E-state index contributed by atoms with van der Waals surface area (Å²) in [5, 5.41) is 10.8. The van der Waals surface area contributed by atoms with Crippen molar-refractivity contribution in [3.05, 3.63) is 70.3 Å². The highest BCUT2D eigenvalue weighted by Gasteiger charge is 2.28. The van der Waals surface area contributed by atoms with Crippen LogP contribution in [0, 0.1) is 11.6 Å². The fourth-order valence-electron chi connectivity index (χ4n) is 3.04. The second kappa shape index (κ2) is 5.23. The number of hydrogen-bond acceptors (Lipinski definition) is 1. The van der Waals surface area contributed by atoms with Crippen molar-refractivity contribution in [1.82, 2.24) is 0 Å². The predicted molar refractivity (Wildman–Crippen MR) is 78.1 cm³/mol. The molecule has 0 spiro atoms. The quantitative estimate of drug-likeness (QED) is 0.882. The van der Waals surface area contributed by atoms with Crippen LogP contribution in [0.25, 0.3) is 0 Å². The molecule has 0 fully saturated rings. The first-order valence-electron chi connectivity index (χ1n) is 7.28. The minimum Gasteiger partial charge on any atom is -0.381 e. The Bertz CT molecular complexity index is 657. The molecule has 1 atom stereocenters. The smallest absolute Gasteiger partial charge is 0.126 e. The Morgan fingerprint density at radius 3 is 2.14 bits per heavy atom. The molecular weight excluding hydrogens is 270 g/mol. The third-order valence-electron chi connectivity index (χ3n) is 4.34. The fourth-order valence-corrected chi connectivity index (χ4v) is 3.04. The van der Waals surface area contributed by atoms with E-state index in [1.54, 1.807) is 6.92 Å². The third kappa shape index (κ3) is 2.70. The number of benzene rings is 2. The van der Waals surface area contributed by atoms with Gasteiger partial charge in [-0.05, 0) is 67.0 Å². The van der Waals surface area contributed by atoms with Crippen LogP contribution in [-0.2, 0) is 18.4 Å². The van der Waals surface area contributed by atoms with Crippen LogP contribution in [0.4, 0.5) is 8.78 Å². The molecule has 0 bridgehead atoms. The largest absolute Gasteiger partial charge is 0.381 e. The molecule has 0 amide bonds. The van der Waals surface area contributed by atoms with Gasteiger partial charge in [0.15, 0.2) is 0 Å². The number of aliphatic hydroxyl groups is 1. The summed E-state index contributed by atoms with van der Waals surface area (Å²) in [6.45, 7) is 1.58. The maximum Gasteiger partial charge on any atom is 0.126 e. The lowest BCUT2D eigenvalue weighted by Crippen LogP contribution is -2.24. The molecule has 0 heterocycles. The average molecular weight is 288 g/mol. The van der Waals surface area contributed by atoms with Gasteiger partial charge in [-0.25, -0.2) is 8.78 Å². The summed E-state index contributed by atoms with van der Waals surface area (Å²) >= 11 is 0. The van der Waals surface area contributed by atoms with Gasteiger partial charge < -0.3 is 5.11 Å². The molecule has 21 heavy (non-hydrogen) atoms. The van der Waals surface area contributed by atoms with Crippen molar-refractivity contribution in [3.63, 3.8) is 0 Å². The molecule has 1 N–H and O–H groups in total. The van der Waals surface area contributed by atoms with Crippen LogP contribution in [-0.4, -0.2) is 5.11 Å². The van der Waals surface area contributed by atoms with Crippen LogP contribution in [0.2, 0.25) is 0 Å². The van der Waals surface area contributed by atoms with Crippen LogP contribution in [0.5, 0.6) is 0 Å². The van der Waals surface area contributed by atoms with Crippen molar-refractivity contribution >= 4 is 0 Å². The van der Waals surface area contributed by atoms with Crippen LogP contribution in [0.3, 0.4) is 0 Å². The van der Waals surface area contributed by atoms with E-state index in [1.165, 1.54) is 29.7 Å². The number of rotatable bonds is 2. The van der Waals surface area contributed by atoms with E-state index < -0.39 is 17.2 Å². The zero-order valence-electron chi connectivity index (χ0n) is 12.0. The van der Waals surface area contributed by atoms with Gasteiger partial charge in [-0.3, -0.25) is 0 Å². The zero-order chi connectivity index (χ0) is 15.0. The molecule has 2 aromatic carbocycles. The van der Waals surface area contributed by atoms with E-state index in [0.717, 1.165) is 25.3 Å². The first-order valence-corrected chi connectivity index (χ1v) is 7.28. The summed E-state index contributed by atoms with van der Waals surface area (Å²) in [7, 11) is 0. The van der Waals surface area contributed by atoms with E-state index in [9.17, 15) is 13.9 Å². The SMILES string of the molecule is CC(O)(c1cc(F)cc(F)c1)c1ccc2c(c1)CCCC2. The lowest BCUT2D eigenvalue weighted by Gasteiger charge is -2.27. The molecule has 0 aliphatic heterocycles. The zero-order valence-corrected chi connectivity index (χ0v) is 12.0. The molecule has 3 rings (SSSR count). The predicted octanol–water partition coefficient (Wildman–Crippen LogP) is 4.10. The lowest BCUT2D eigenvalue weighted by atomic mass is 9.83. The molecule has 1 nitrogen and oxygen atoms in total. The Morgan fingerprint density at radius 2 is 1.48 bits per heavy atom. The summed E-state index contributed by atoms with van der Waals surface area (Å²) in [6.07, 6.45) is 4.40. The van der Waals surface area contributed by atoms with E-state index in [-0.39, 0.29) is 5.56 Å². The second-order valence-corrected chi connectivity index (χ2v) is 5.92. The molecule has 1 aliphatic rings. The molecule has 110 valence electrons. The highest BCUT2D eigenvalue weighted by molar-refractivity contribution is 5.41. The Kier molecular flexibility index (Phi) is 3.54. The van der Waals surface area contributed by atoms with Gasteiger partial charge in [0, 0.05) is 6.07 Å². The van der Waals surface area contributed by atoms with E-state index in [4.69, 9.17) is 0 Å². The molecule has 0 saturated heterocycles. The molecule has 1 aliphatic carbocycles. The highest BCUT2D eigenvalue weighted by Crippen LogP contribution is 2.33. The maximum atomic E-state index is 13.4. The average Bonchev–Trinajstić information content (AvgIpc) is 2.45. The number of aryl methyl sites for hydroxylation is 2. The molecular formula is C18H18F2O. The summed E-state index contributed by atoms with van der Waals surface area (Å²) in [6, 6.07) is 9.02. The van der Waals surface area contributed by atoms with Crippen molar-refractivity contribution in [3.8, 4) is 0 Å². The van der Waals surface area contributed by atoms with Crippen molar-refractivity contribution in [2.24, 2.45) is 0 Å². The van der Waals surface area contributed by atoms with Crippen LogP contribution in [0.1, 0.15) is 42.0 Å². The molecule has 1 unspecified atom stereocenters. The summed E-state index contributed by atoms with van der Waals surface area (Å²) in [5.41, 5.74) is 2.04. The van der Waals surface area contributed by atoms with Crippen molar-refractivity contribution < 1.29 is 13.9 Å². The minimum atomic E-state index is -1.41. The highest BCUT2D eigenvalue weighted by atomic mass is 19.1. The van der Waals surface area contributed by atoms with Gasteiger partial charge in [0.1, 0.15) is 17.2 Å². The number of fused-ring (bicyclic) bond motifs is 1. The van der Waals surface area contributed by atoms with Crippen molar-refractivity contribution in [1.29, 1.82) is 0 Å². The summed E-state index contributed by atoms with van der Waals surface area (Å²) < 4.78 is 26.8. The Hall–Kier alpha value is -1.74. The van der Waals surface area contributed by atoms with Gasteiger partial charge in [-0.2, -0.15) is 0 Å². The van der Waals surface area contributed by atoms with E-state index in [2.05, 4.69) is 0 Å². The van der Waals surface area contributed by atoms with Gasteiger partial charge in [0.05, 0.1) is 0 Å². The van der Waals surface area contributed by atoms with E-state index in [0.29, 0.717) is 5.56 Å². The van der Waals surface area contributed by atoms with Gasteiger partial charge in [-0.1, -0.05) is 18.2 Å². The number of hydrogen-bond donors (Lipinski definition) is 1. The van der Waals surface area contributed by atoms with Crippen LogP contribution < -0.4 is 0 Å². The standard InChI is InChI=1S/C18H18F2O/c1-18(21,15-9-16(19)11-17(20)10-15)14-7-6-12-4-2-3-5-13(12)8-14/h6-11,21H,2-5H2,1H3. The normalized spacial score (nSPS) is 17.1. The van der Waals surface area contributed by atoms with Crippen LogP contribution in [0.15, 0.2) is 36.4 Å². The Labute approximate surface area is 123 Å². The Balaban J connectivity index is 2.04. The van der Waals surface area contributed by atoms with Crippen LogP contribution >= 0.6 is 0 Å². The molecule has 0 radical (unpaired) electrons. The second-order valence-electron chi connectivity index (χ2n) is 5.92. The molecule has 0 aromatic heterocycles. The summed E-state index contributed by atoms with van der Waals surface area (Å²) in [5.74, 6) is -1.36. The third-order valence-corrected chi connectivity index (χ3v) is 4.34. The minimum absolute atomic E-state index is 0.232. The lowest BCUT2D eigenvalue weighted by molar-refractivity contribution is 0.101.